The highest BCUT2D eigenvalue weighted by atomic mass is 32.2. The molecule has 0 radical (unpaired) electrons. The number of hydrogen-bond donors (Lipinski definition) is 1. The topological polar surface area (TPSA) is 32.3 Å². The van der Waals surface area contributed by atoms with Crippen LogP contribution in [0, 0.1) is 0 Å². The lowest BCUT2D eigenvalue weighted by atomic mass is 9.95. The number of urea groups is 1. The first-order valence-corrected chi connectivity index (χ1v) is 8.11. The molecule has 0 saturated heterocycles. The molecule has 0 bridgehead atoms. The first kappa shape index (κ1) is 14.3. The second-order valence-corrected chi connectivity index (χ2v) is 5.94. The fraction of sp³-hybridized carbons (Fsp3) is 0.533. The molecule has 4 heteroatoms. The Bertz CT molecular complexity index is 430. The van der Waals surface area contributed by atoms with Crippen molar-refractivity contribution in [2.75, 3.05) is 18.6 Å². The molecule has 2 rings (SSSR count). The van der Waals surface area contributed by atoms with Crippen molar-refractivity contribution in [3.8, 4) is 0 Å². The summed E-state index contributed by atoms with van der Waals surface area (Å²) in [5, 5.41) is 2.99. The Hall–Kier alpha value is -1.16. The van der Waals surface area contributed by atoms with Crippen LogP contribution in [0.2, 0.25) is 0 Å². The van der Waals surface area contributed by atoms with Crippen molar-refractivity contribution in [3.63, 3.8) is 0 Å². The van der Waals surface area contributed by atoms with Gasteiger partial charge in [0, 0.05) is 23.7 Å². The third-order valence-corrected chi connectivity index (χ3v) is 4.49. The third kappa shape index (κ3) is 3.90. The number of rotatable bonds is 3. The van der Waals surface area contributed by atoms with Crippen molar-refractivity contribution in [2.24, 2.45) is 0 Å². The molecule has 1 saturated carbocycles. The first-order valence-electron chi connectivity index (χ1n) is 6.88. The van der Waals surface area contributed by atoms with Gasteiger partial charge >= 0.3 is 6.03 Å². The van der Waals surface area contributed by atoms with Gasteiger partial charge in [0.2, 0.25) is 0 Å². The zero-order chi connectivity index (χ0) is 13.7. The molecule has 1 aliphatic carbocycles. The summed E-state index contributed by atoms with van der Waals surface area (Å²) in [6.45, 7) is 0. The van der Waals surface area contributed by atoms with E-state index in [-0.39, 0.29) is 6.03 Å². The van der Waals surface area contributed by atoms with Crippen LogP contribution in [0.15, 0.2) is 29.2 Å². The van der Waals surface area contributed by atoms with Gasteiger partial charge in [-0.2, -0.15) is 0 Å². The number of carbonyl (C=O) groups is 1. The van der Waals surface area contributed by atoms with E-state index in [1.54, 1.807) is 11.8 Å². The standard InChI is InChI=1S/C15H22N2OS/c1-17(13-8-4-3-5-9-13)15(18)16-12-7-6-10-14(11-12)19-2/h6-7,10-11,13H,3-5,8-9H2,1-2H3,(H,16,18). The minimum absolute atomic E-state index is 0.00477. The number of amides is 2. The second-order valence-electron chi connectivity index (χ2n) is 5.06. The molecule has 3 nitrogen and oxygen atoms in total. The highest BCUT2D eigenvalue weighted by molar-refractivity contribution is 7.98. The maximum absolute atomic E-state index is 12.2. The highest BCUT2D eigenvalue weighted by Gasteiger charge is 2.21. The van der Waals surface area contributed by atoms with Crippen LogP contribution in [0.4, 0.5) is 10.5 Å². The fourth-order valence-corrected chi connectivity index (χ4v) is 3.01. The van der Waals surface area contributed by atoms with E-state index < -0.39 is 0 Å². The van der Waals surface area contributed by atoms with Crippen LogP contribution in [0.5, 0.6) is 0 Å². The summed E-state index contributed by atoms with van der Waals surface area (Å²) in [7, 11) is 1.91. The fourth-order valence-electron chi connectivity index (χ4n) is 2.55. The SMILES string of the molecule is CSc1cccc(NC(=O)N(C)C2CCCCC2)c1. The zero-order valence-corrected chi connectivity index (χ0v) is 12.5. The van der Waals surface area contributed by atoms with Crippen molar-refractivity contribution in [3.05, 3.63) is 24.3 Å². The minimum atomic E-state index is 0.00477. The summed E-state index contributed by atoms with van der Waals surface area (Å²) in [4.78, 5) is 15.3. The summed E-state index contributed by atoms with van der Waals surface area (Å²) in [6.07, 6.45) is 8.09. The molecule has 104 valence electrons. The van der Waals surface area contributed by atoms with Gasteiger partial charge in [-0.05, 0) is 37.3 Å². The molecule has 1 aliphatic rings. The Kier molecular flexibility index (Phi) is 5.14. The molecule has 0 spiro atoms. The highest BCUT2D eigenvalue weighted by Crippen LogP contribution is 2.23. The summed E-state index contributed by atoms with van der Waals surface area (Å²) in [5.41, 5.74) is 0.875. The quantitative estimate of drug-likeness (QED) is 0.840. The van der Waals surface area contributed by atoms with E-state index in [0.717, 1.165) is 23.4 Å². The Morgan fingerprint density at radius 2 is 2.05 bits per heavy atom. The molecular weight excluding hydrogens is 256 g/mol. The molecule has 0 heterocycles. The number of nitrogens with zero attached hydrogens (tertiary/aromatic N) is 1. The van der Waals surface area contributed by atoms with Gasteiger partial charge < -0.3 is 10.2 Å². The van der Waals surface area contributed by atoms with E-state index >= 15 is 0 Å². The van der Waals surface area contributed by atoms with Crippen molar-refractivity contribution in [1.82, 2.24) is 4.90 Å². The van der Waals surface area contributed by atoms with Crippen LogP contribution in [-0.2, 0) is 0 Å². The predicted octanol–water partition coefficient (Wildman–Crippen LogP) is 4.20. The molecule has 1 aromatic rings. The maximum Gasteiger partial charge on any atom is 0.321 e. The number of anilines is 1. The maximum atomic E-state index is 12.2. The Morgan fingerprint density at radius 3 is 2.74 bits per heavy atom. The molecule has 1 N–H and O–H groups in total. The Labute approximate surface area is 119 Å². The van der Waals surface area contributed by atoms with E-state index in [1.807, 2.05) is 42.5 Å². The van der Waals surface area contributed by atoms with Gasteiger partial charge in [0.1, 0.15) is 0 Å². The van der Waals surface area contributed by atoms with Crippen LogP contribution < -0.4 is 5.32 Å². The number of nitrogens with one attached hydrogen (secondary N) is 1. The van der Waals surface area contributed by atoms with Crippen LogP contribution in [-0.4, -0.2) is 30.3 Å². The summed E-state index contributed by atoms with van der Waals surface area (Å²) in [5.74, 6) is 0. The molecule has 0 unspecified atom stereocenters. The number of benzene rings is 1. The summed E-state index contributed by atoms with van der Waals surface area (Å²) >= 11 is 1.68. The van der Waals surface area contributed by atoms with Gasteiger partial charge in [-0.1, -0.05) is 25.3 Å². The lowest BCUT2D eigenvalue weighted by molar-refractivity contribution is 0.186. The van der Waals surface area contributed by atoms with Crippen molar-refractivity contribution < 1.29 is 4.79 Å². The van der Waals surface area contributed by atoms with Gasteiger partial charge in [-0.25, -0.2) is 4.79 Å². The van der Waals surface area contributed by atoms with Gasteiger partial charge in [0.25, 0.3) is 0 Å². The molecule has 1 aromatic carbocycles. The van der Waals surface area contributed by atoms with Crippen molar-refractivity contribution in [2.45, 2.75) is 43.0 Å². The van der Waals surface area contributed by atoms with Crippen molar-refractivity contribution >= 4 is 23.5 Å². The molecule has 0 aromatic heterocycles. The molecule has 1 fully saturated rings. The lowest BCUT2D eigenvalue weighted by Crippen LogP contribution is -2.40. The van der Waals surface area contributed by atoms with Crippen LogP contribution in [0.3, 0.4) is 0 Å². The van der Waals surface area contributed by atoms with Gasteiger partial charge in [-0.3, -0.25) is 0 Å². The number of hydrogen-bond acceptors (Lipinski definition) is 2. The molecule has 0 atom stereocenters. The van der Waals surface area contributed by atoms with Gasteiger partial charge in [0.15, 0.2) is 0 Å². The van der Waals surface area contributed by atoms with E-state index in [9.17, 15) is 4.79 Å². The van der Waals surface area contributed by atoms with Crippen LogP contribution >= 0.6 is 11.8 Å². The normalized spacial score (nSPS) is 16.1. The van der Waals surface area contributed by atoms with Crippen molar-refractivity contribution in [1.29, 1.82) is 0 Å². The minimum Gasteiger partial charge on any atom is -0.325 e. The summed E-state index contributed by atoms with van der Waals surface area (Å²) in [6, 6.07) is 8.37. The third-order valence-electron chi connectivity index (χ3n) is 3.76. The monoisotopic (exact) mass is 278 g/mol. The predicted molar refractivity (Wildman–Crippen MR) is 81.9 cm³/mol. The molecule has 0 aliphatic heterocycles. The van der Waals surface area contributed by atoms with E-state index in [0.29, 0.717) is 6.04 Å². The average molecular weight is 278 g/mol. The van der Waals surface area contributed by atoms with Crippen LogP contribution in [0.25, 0.3) is 0 Å². The average Bonchev–Trinajstić information content (AvgIpc) is 2.47. The number of carbonyl (C=O) groups excluding carboxylic acids is 1. The molecule has 2 amide bonds. The molecule has 19 heavy (non-hydrogen) atoms. The first-order chi connectivity index (χ1) is 9.20. The van der Waals surface area contributed by atoms with Gasteiger partial charge in [0.05, 0.1) is 0 Å². The largest absolute Gasteiger partial charge is 0.325 e. The zero-order valence-electron chi connectivity index (χ0n) is 11.7. The van der Waals surface area contributed by atoms with Gasteiger partial charge in [-0.15, -0.1) is 11.8 Å². The van der Waals surface area contributed by atoms with E-state index in [2.05, 4.69) is 5.32 Å². The second kappa shape index (κ2) is 6.85. The molecular formula is C15H22N2OS. The Morgan fingerprint density at radius 1 is 1.32 bits per heavy atom. The number of thioether (sulfide) groups is 1. The smallest absolute Gasteiger partial charge is 0.321 e. The van der Waals surface area contributed by atoms with E-state index in [4.69, 9.17) is 0 Å². The summed E-state index contributed by atoms with van der Waals surface area (Å²) < 4.78 is 0. The van der Waals surface area contributed by atoms with Crippen LogP contribution in [0.1, 0.15) is 32.1 Å². The lowest BCUT2D eigenvalue weighted by Gasteiger charge is -2.31. The van der Waals surface area contributed by atoms with E-state index in [1.165, 1.54) is 19.3 Å². The Balaban J connectivity index is 1.95.